The van der Waals surface area contributed by atoms with Crippen molar-refractivity contribution in [3.63, 3.8) is 0 Å². The van der Waals surface area contributed by atoms with E-state index in [0.29, 0.717) is 12.8 Å². The van der Waals surface area contributed by atoms with Gasteiger partial charge in [-0.15, -0.1) is 0 Å². The molecule has 0 fully saturated rings. The third kappa shape index (κ3) is 45.4. The summed E-state index contributed by atoms with van der Waals surface area (Å²) in [5, 5.41) is 11.7. The van der Waals surface area contributed by atoms with Gasteiger partial charge in [-0.3, -0.25) is 9.59 Å². The Labute approximate surface area is 405 Å². The first kappa shape index (κ1) is 62.2. The quantitative estimate of drug-likeness (QED) is 0.0259. The topological polar surface area (TPSA) is 102 Å². The molecule has 0 saturated carbocycles. The molecule has 8 heteroatoms. The molecule has 0 amide bonds. The average Bonchev–Trinajstić information content (AvgIpc) is 3.28. The minimum Gasteiger partial charge on any atom is -0.544 e. The monoisotopic (exact) mass is 920 g/mol. The van der Waals surface area contributed by atoms with Crippen molar-refractivity contribution < 1.29 is 38.2 Å². The van der Waals surface area contributed by atoms with Gasteiger partial charge >= 0.3 is 11.9 Å². The van der Waals surface area contributed by atoms with Gasteiger partial charge in [0.15, 0.2) is 6.10 Å². The minimum absolute atomic E-state index is 0.0136. The van der Waals surface area contributed by atoms with E-state index in [1.165, 1.54) is 77.0 Å². The second-order valence-electron chi connectivity index (χ2n) is 18.4. The van der Waals surface area contributed by atoms with Crippen LogP contribution in [0.5, 0.6) is 0 Å². The molecule has 0 bridgehead atoms. The molecule has 376 valence electrons. The zero-order valence-electron chi connectivity index (χ0n) is 42.8. The Hall–Kier alpha value is -3.75. The molecule has 0 aromatic heterocycles. The Morgan fingerprint density at radius 3 is 1.30 bits per heavy atom. The van der Waals surface area contributed by atoms with Crippen molar-refractivity contribution in [1.29, 1.82) is 0 Å². The summed E-state index contributed by atoms with van der Waals surface area (Å²) in [7, 11) is 5.39. The number of hydrogen-bond acceptors (Lipinski definition) is 7. The number of carbonyl (C=O) groups excluding carboxylic acids is 3. The van der Waals surface area contributed by atoms with Crippen LogP contribution in [0.3, 0.4) is 0 Å². The van der Waals surface area contributed by atoms with E-state index < -0.39 is 18.1 Å². The maximum absolute atomic E-state index is 12.8. The summed E-state index contributed by atoms with van der Waals surface area (Å²) in [6.07, 6.45) is 64.5. The van der Waals surface area contributed by atoms with Gasteiger partial charge in [0.1, 0.15) is 12.6 Å². The largest absolute Gasteiger partial charge is 0.544 e. The molecule has 0 saturated heterocycles. The van der Waals surface area contributed by atoms with Crippen molar-refractivity contribution in [2.45, 2.75) is 212 Å². The third-order valence-corrected chi connectivity index (χ3v) is 11.2. The van der Waals surface area contributed by atoms with Crippen LogP contribution in [0.1, 0.15) is 200 Å². The molecule has 0 aliphatic rings. The third-order valence-electron chi connectivity index (χ3n) is 11.2. The number of quaternary nitrogens is 1. The van der Waals surface area contributed by atoms with E-state index >= 15 is 0 Å². The van der Waals surface area contributed by atoms with Gasteiger partial charge < -0.3 is 28.6 Å². The predicted molar refractivity (Wildman–Crippen MR) is 277 cm³/mol. The predicted octanol–water partition coefficient (Wildman–Crippen LogP) is 14.1. The summed E-state index contributed by atoms with van der Waals surface area (Å²) in [4.78, 5) is 37.0. The maximum atomic E-state index is 12.8. The molecule has 2 unspecified atom stereocenters. The number of hydrogen-bond donors (Lipinski definition) is 0. The fourth-order valence-corrected chi connectivity index (χ4v) is 7.17. The number of likely N-dealkylation sites (N-methyl/N-ethyl adjacent to an activating group) is 1. The van der Waals surface area contributed by atoms with Gasteiger partial charge in [-0.25, -0.2) is 0 Å². The highest BCUT2D eigenvalue weighted by Gasteiger charge is 2.25. The fraction of sp³-hybridized carbons (Fsp3) is 0.672. The lowest BCUT2D eigenvalue weighted by molar-refractivity contribution is -0.889. The van der Waals surface area contributed by atoms with Gasteiger partial charge in [-0.05, 0) is 89.9 Å². The van der Waals surface area contributed by atoms with Crippen LogP contribution in [0.2, 0.25) is 0 Å². The Bertz CT molecular complexity index is 1400. The molecule has 0 aliphatic heterocycles. The van der Waals surface area contributed by atoms with Crippen LogP contribution in [-0.2, 0) is 28.6 Å². The summed E-state index contributed by atoms with van der Waals surface area (Å²) >= 11 is 0. The van der Waals surface area contributed by atoms with Crippen LogP contribution in [-0.4, -0.2) is 75.5 Å². The van der Waals surface area contributed by atoms with Gasteiger partial charge in [-0.2, -0.15) is 0 Å². The van der Waals surface area contributed by atoms with Crippen molar-refractivity contribution in [2.24, 2.45) is 0 Å². The van der Waals surface area contributed by atoms with E-state index in [9.17, 15) is 19.5 Å². The first-order valence-electron chi connectivity index (χ1n) is 26.3. The second-order valence-corrected chi connectivity index (χ2v) is 18.4. The van der Waals surface area contributed by atoms with E-state index in [2.05, 4.69) is 111 Å². The highest BCUT2D eigenvalue weighted by molar-refractivity contribution is 5.70. The van der Waals surface area contributed by atoms with Crippen molar-refractivity contribution in [3.05, 3.63) is 97.2 Å². The molecule has 0 aromatic carbocycles. The van der Waals surface area contributed by atoms with E-state index in [0.717, 1.165) is 83.5 Å². The Kier molecular flexibility index (Phi) is 45.0. The molecule has 66 heavy (non-hydrogen) atoms. The lowest BCUT2D eigenvalue weighted by Gasteiger charge is -2.34. The first-order chi connectivity index (χ1) is 32.1. The van der Waals surface area contributed by atoms with Crippen LogP contribution < -0.4 is 5.11 Å². The molecular formula is C58H97NO7. The van der Waals surface area contributed by atoms with Crippen LogP contribution in [0.4, 0.5) is 0 Å². The zero-order chi connectivity index (χ0) is 48.4. The number of nitrogens with zero attached hydrogens (tertiary/aromatic N) is 1. The number of esters is 2. The van der Waals surface area contributed by atoms with Crippen LogP contribution >= 0.6 is 0 Å². The lowest BCUT2D eigenvalue weighted by atomic mass is 10.1. The van der Waals surface area contributed by atoms with Gasteiger partial charge in [0.2, 0.25) is 0 Å². The van der Waals surface area contributed by atoms with E-state index in [-0.39, 0.29) is 49.1 Å². The number of rotatable bonds is 46. The number of ether oxygens (including phenoxy) is 3. The molecular weight excluding hydrogens is 823 g/mol. The summed E-state index contributed by atoms with van der Waals surface area (Å²) in [5.74, 6) is -1.83. The minimum atomic E-state index is -1.14. The van der Waals surface area contributed by atoms with E-state index in [1.807, 2.05) is 0 Å². The molecule has 0 N–H and O–H groups in total. The highest BCUT2D eigenvalue weighted by Crippen LogP contribution is 2.14. The van der Waals surface area contributed by atoms with Gasteiger partial charge in [0, 0.05) is 19.3 Å². The molecule has 0 aromatic rings. The average molecular weight is 920 g/mol. The SMILES string of the molecule is CC/C=C/C/C=C/C/C=C/C/C=C/C/C=C/C/C=C/CCCC(=O)OCC(COCCC(C(=O)[O-])[N+](C)(C)C)OC(=O)CCCCCCCCC/C=C/C/C=C/CCCCCCCCCC. The van der Waals surface area contributed by atoms with Crippen molar-refractivity contribution >= 4 is 17.9 Å². The smallest absolute Gasteiger partial charge is 0.306 e. The van der Waals surface area contributed by atoms with E-state index in [4.69, 9.17) is 14.2 Å². The Morgan fingerprint density at radius 1 is 0.470 bits per heavy atom. The normalized spacial score (nSPS) is 13.7. The number of carboxylic acids is 1. The molecule has 0 radical (unpaired) electrons. The zero-order valence-corrected chi connectivity index (χ0v) is 42.8. The van der Waals surface area contributed by atoms with Crippen molar-refractivity contribution in [1.82, 2.24) is 0 Å². The number of aliphatic carboxylic acids is 1. The van der Waals surface area contributed by atoms with Gasteiger partial charge in [0.05, 0.1) is 40.3 Å². The number of carbonyl (C=O) groups is 3. The summed E-state index contributed by atoms with van der Waals surface area (Å²) in [6.45, 7) is 4.48. The molecule has 0 aliphatic carbocycles. The van der Waals surface area contributed by atoms with Crippen LogP contribution in [0.25, 0.3) is 0 Å². The number of unbranched alkanes of at least 4 members (excludes halogenated alkanes) is 16. The maximum Gasteiger partial charge on any atom is 0.306 e. The van der Waals surface area contributed by atoms with Gasteiger partial charge in [-0.1, -0.05) is 188 Å². The Balaban J connectivity index is 4.36. The standard InChI is InChI=1S/C58H97NO7/c1-6-8-10-12-14-16-18-20-22-24-26-28-29-31-33-35-37-39-41-43-45-47-49-57(61)66-54(52-64-51-50-55(58(62)63)59(3,4)5)53-65-56(60)48-46-44-42-40-38-36-34-32-30-27-25-23-21-19-17-15-13-11-9-7-2/h9,11,15,17,21,23-24,26-27,29-31,34,36,40,42,54-55H,6-8,10,12-14,16,18-20,22,25,28,32-33,35,37-39,41,43-53H2,1-5H3/b11-9+,17-15+,23-21+,26-24+,30-27+,31-29+,36-34+,42-40+. The fourth-order valence-electron chi connectivity index (χ4n) is 7.17. The molecule has 0 heterocycles. The lowest BCUT2D eigenvalue weighted by Crippen LogP contribution is -2.55. The van der Waals surface area contributed by atoms with Gasteiger partial charge in [0.25, 0.3) is 0 Å². The second kappa shape index (κ2) is 47.7. The molecule has 8 nitrogen and oxygen atoms in total. The van der Waals surface area contributed by atoms with Crippen LogP contribution in [0, 0.1) is 0 Å². The molecule has 0 rings (SSSR count). The van der Waals surface area contributed by atoms with Crippen molar-refractivity contribution in [3.8, 4) is 0 Å². The number of carboxylic acid groups (broad SMARTS) is 1. The summed E-state index contributed by atoms with van der Waals surface area (Å²) in [5.41, 5.74) is 0. The first-order valence-corrected chi connectivity index (χ1v) is 26.3. The Morgan fingerprint density at radius 2 is 0.864 bits per heavy atom. The molecule has 2 atom stereocenters. The number of allylic oxidation sites excluding steroid dienone is 16. The summed E-state index contributed by atoms with van der Waals surface area (Å²) < 4.78 is 17.2. The van der Waals surface area contributed by atoms with Crippen molar-refractivity contribution in [2.75, 3.05) is 41.0 Å². The highest BCUT2D eigenvalue weighted by atomic mass is 16.6. The summed E-state index contributed by atoms with van der Waals surface area (Å²) in [6, 6.07) is -0.742. The van der Waals surface area contributed by atoms with Crippen LogP contribution in [0.15, 0.2) is 97.2 Å². The molecule has 0 spiro atoms. The van der Waals surface area contributed by atoms with E-state index in [1.54, 1.807) is 21.1 Å².